The van der Waals surface area contributed by atoms with Crippen molar-refractivity contribution in [3.63, 3.8) is 0 Å². The van der Waals surface area contributed by atoms with Crippen molar-refractivity contribution in [3.05, 3.63) is 78.0 Å². The van der Waals surface area contributed by atoms with Crippen molar-refractivity contribution in [1.82, 2.24) is 4.98 Å². The van der Waals surface area contributed by atoms with Gasteiger partial charge in [-0.15, -0.1) is 0 Å². The standard InChI is InChI=1S/C19H14N2.C2H6.CH5N/c1-14-18(13-20)17(15-8-4-2-5-9-15)12-19(21-14)16-10-6-3-7-11-16;2*1-2/h2-12H,1H3;1-2H3;2H2,1H3. The summed E-state index contributed by atoms with van der Waals surface area (Å²) in [7, 11) is 1.50. The summed E-state index contributed by atoms with van der Waals surface area (Å²) in [4.78, 5) is 4.58. The van der Waals surface area contributed by atoms with Crippen LogP contribution >= 0.6 is 0 Å². The van der Waals surface area contributed by atoms with Crippen molar-refractivity contribution in [2.45, 2.75) is 20.8 Å². The van der Waals surface area contributed by atoms with Crippen LogP contribution in [0.4, 0.5) is 0 Å². The van der Waals surface area contributed by atoms with Gasteiger partial charge in [-0.1, -0.05) is 74.5 Å². The van der Waals surface area contributed by atoms with E-state index in [1.807, 2.05) is 87.5 Å². The Morgan fingerprint density at radius 3 is 1.80 bits per heavy atom. The Hall–Kier alpha value is -2.96. The van der Waals surface area contributed by atoms with E-state index in [2.05, 4.69) is 16.8 Å². The van der Waals surface area contributed by atoms with Crippen molar-refractivity contribution in [2.75, 3.05) is 7.05 Å². The van der Waals surface area contributed by atoms with E-state index in [1.54, 1.807) is 0 Å². The average molecular weight is 331 g/mol. The molecule has 0 saturated carbocycles. The molecule has 0 saturated heterocycles. The lowest BCUT2D eigenvalue weighted by Crippen LogP contribution is -1.95. The van der Waals surface area contributed by atoms with Gasteiger partial charge in [0, 0.05) is 11.1 Å². The number of nitriles is 1. The van der Waals surface area contributed by atoms with Crippen LogP contribution in [0.5, 0.6) is 0 Å². The first kappa shape index (κ1) is 20.1. The SMILES string of the molecule is CC.CN.Cc1nc(-c2ccccc2)cc(-c2ccccc2)c1C#N. The molecular formula is C22H25N3. The molecular weight excluding hydrogens is 306 g/mol. The maximum Gasteiger partial charge on any atom is 0.102 e. The van der Waals surface area contributed by atoms with E-state index in [0.29, 0.717) is 5.56 Å². The monoisotopic (exact) mass is 331 g/mol. The van der Waals surface area contributed by atoms with Crippen LogP contribution in [0.2, 0.25) is 0 Å². The molecule has 25 heavy (non-hydrogen) atoms. The first-order valence-electron chi connectivity index (χ1n) is 8.40. The van der Waals surface area contributed by atoms with Crippen LogP contribution in [0, 0.1) is 18.3 Å². The number of hydrogen-bond acceptors (Lipinski definition) is 3. The highest BCUT2D eigenvalue weighted by atomic mass is 14.7. The maximum absolute atomic E-state index is 9.43. The van der Waals surface area contributed by atoms with Gasteiger partial charge in [0.25, 0.3) is 0 Å². The van der Waals surface area contributed by atoms with Gasteiger partial charge in [-0.25, -0.2) is 0 Å². The highest BCUT2D eigenvalue weighted by molar-refractivity contribution is 5.76. The van der Waals surface area contributed by atoms with Crippen molar-refractivity contribution >= 4 is 0 Å². The molecule has 2 aromatic carbocycles. The van der Waals surface area contributed by atoms with E-state index in [4.69, 9.17) is 0 Å². The normalized spacial score (nSPS) is 8.96. The number of hydrogen-bond donors (Lipinski definition) is 1. The number of rotatable bonds is 2. The van der Waals surface area contributed by atoms with Gasteiger partial charge >= 0.3 is 0 Å². The van der Waals surface area contributed by atoms with E-state index < -0.39 is 0 Å². The number of aryl methyl sites for hydroxylation is 1. The number of benzene rings is 2. The smallest absolute Gasteiger partial charge is 0.102 e. The summed E-state index contributed by atoms with van der Waals surface area (Å²) in [6, 6.07) is 24.3. The molecule has 0 amide bonds. The Morgan fingerprint density at radius 2 is 1.32 bits per heavy atom. The second-order valence-corrected chi connectivity index (χ2v) is 4.86. The highest BCUT2D eigenvalue weighted by Crippen LogP contribution is 2.29. The molecule has 128 valence electrons. The van der Waals surface area contributed by atoms with Crippen molar-refractivity contribution in [2.24, 2.45) is 5.73 Å². The van der Waals surface area contributed by atoms with Gasteiger partial charge in [0.2, 0.25) is 0 Å². The van der Waals surface area contributed by atoms with Crippen LogP contribution in [-0.2, 0) is 0 Å². The number of nitrogens with two attached hydrogens (primary N) is 1. The summed E-state index contributed by atoms with van der Waals surface area (Å²) in [5.41, 5.74) is 9.83. The molecule has 3 aromatic rings. The number of pyridine rings is 1. The van der Waals surface area contributed by atoms with Crippen LogP contribution < -0.4 is 5.73 Å². The van der Waals surface area contributed by atoms with E-state index in [1.165, 1.54) is 7.05 Å². The zero-order valence-electron chi connectivity index (χ0n) is 15.3. The van der Waals surface area contributed by atoms with E-state index in [0.717, 1.165) is 28.1 Å². The molecule has 1 heterocycles. The molecule has 0 unspecified atom stereocenters. The molecule has 0 radical (unpaired) electrons. The fraction of sp³-hybridized carbons (Fsp3) is 0.182. The van der Waals surface area contributed by atoms with Crippen LogP contribution in [0.25, 0.3) is 22.4 Å². The van der Waals surface area contributed by atoms with Crippen molar-refractivity contribution in [3.8, 4) is 28.5 Å². The minimum atomic E-state index is 0.640. The third-order valence-electron chi connectivity index (χ3n) is 3.47. The molecule has 0 aliphatic carbocycles. The Kier molecular flexibility index (Phi) is 8.63. The minimum Gasteiger partial charge on any atom is -0.333 e. The lowest BCUT2D eigenvalue weighted by Gasteiger charge is -2.10. The molecule has 2 N–H and O–H groups in total. The number of nitrogens with zero attached hydrogens (tertiary/aromatic N) is 2. The van der Waals surface area contributed by atoms with Crippen LogP contribution in [0.3, 0.4) is 0 Å². The molecule has 3 rings (SSSR count). The van der Waals surface area contributed by atoms with Crippen LogP contribution in [0.15, 0.2) is 66.7 Å². The lowest BCUT2D eigenvalue weighted by molar-refractivity contribution is 1.18. The summed E-state index contributed by atoms with van der Waals surface area (Å²) in [6.07, 6.45) is 0. The molecule has 0 fully saturated rings. The number of aromatic nitrogens is 1. The molecule has 0 atom stereocenters. The van der Waals surface area contributed by atoms with Gasteiger partial charge in [-0.3, -0.25) is 4.98 Å². The summed E-state index contributed by atoms with van der Waals surface area (Å²) in [5.74, 6) is 0. The van der Waals surface area contributed by atoms with Gasteiger partial charge < -0.3 is 5.73 Å². The predicted octanol–water partition coefficient (Wildman–Crippen LogP) is 5.20. The van der Waals surface area contributed by atoms with Gasteiger partial charge in [0.15, 0.2) is 0 Å². The zero-order valence-corrected chi connectivity index (χ0v) is 15.3. The first-order chi connectivity index (χ1) is 12.3. The summed E-state index contributed by atoms with van der Waals surface area (Å²) < 4.78 is 0. The summed E-state index contributed by atoms with van der Waals surface area (Å²) >= 11 is 0. The molecule has 0 spiro atoms. The molecule has 3 nitrogen and oxygen atoms in total. The van der Waals surface area contributed by atoms with Crippen molar-refractivity contribution in [1.29, 1.82) is 5.26 Å². The van der Waals surface area contributed by atoms with E-state index in [9.17, 15) is 5.26 Å². The molecule has 3 heteroatoms. The maximum atomic E-state index is 9.43. The first-order valence-corrected chi connectivity index (χ1v) is 8.40. The zero-order chi connectivity index (χ0) is 18.7. The summed E-state index contributed by atoms with van der Waals surface area (Å²) in [6.45, 7) is 5.89. The molecule has 0 aliphatic heterocycles. The Labute approximate surface area is 150 Å². The minimum absolute atomic E-state index is 0.640. The fourth-order valence-electron chi connectivity index (χ4n) is 2.42. The Balaban J connectivity index is 0.000000730. The van der Waals surface area contributed by atoms with Crippen molar-refractivity contribution < 1.29 is 0 Å². The van der Waals surface area contributed by atoms with E-state index in [-0.39, 0.29) is 0 Å². The van der Waals surface area contributed by atoms with Gasteiger partial charge in [0.05, 0.1) is 17.0 Å². The molecule has 0 bridgehead atoms. The average Bonchev–Trinajstić information content (AvgIpc) is 2.72. The lowest BCUT2D eigenvalue weighted by atomic mass is 9.97. The second-order valence-electron chi connectivity index (χ2n) is 4.86. The highest BCUT2D eigenvalue weighted by Gasteiger charge is 2.12. The Bertz CT molecular complexity index is 804. The largest absolute Gasteiger partial charge is 0.333 e. The third kappa shape index (κ3) is 5.00. The van der Waals surface area contributed by atoms with Crippen LogP contribution in [0.1, 0.15) is 25.1 Å². The van der Waals surface area contributed by atoms with Gasteiger partial charge in [-0.05, 0) is 25.6 Å². The quantitative estimate of drug-likeness (QED) is 0.702. The second kappa shape index (κ2) is 10.7. The topological polar surface area (TPSA) is 62.7 Å². The molecule has 1 aromatic heterocycles. The van der Waals surface area contributed by atoms with Gasteiger partial charge in [-0.2, -0.15) is 5.26 Å². The van der Waals surface area contributed by atoms with Gasteiger partial charge in [0.1, 0.15) is 6.07 Å². The van der Waals surface area contributed by atoms with E-state index >= 15 is 0 Å². The Morgan fingerprint density at radius 1 is 0.840 bits per heavy atom. The van der Waals surface area contributed by atoms with Crippen LogP contribution in [-0.4, -0.2) is 12.0 Å². The third-order valence-corrected chi connectivity index (χ3v) is 3.47. The summed E-state index contributed by atoms with van der Waals surface area (Å²) in [5, 5.41) is 9.43. The predicted molar refractivity (Wildman–Crippen MR) is 106 cm³/mol. The fourth-order valence-corrected chi connectivity index (χ4v) is 2.42. The molecule has 0 aliphatic rings.